The van der Waals surface area contributed by atoms with E-state index < -0.39 is 67.3 Å². The van der Waals surface area contributed by atoms with Crippen LogP contribution in [0, 0.1) is 0 Å². The molecule has 1 heterocycles. The van der Waals surface area contributed by atoms with Crippen LogP contribution in [0.3, 0.4) is 0 Å². The van der Waals surface area contributed by atoms with Crippen molar-refractivity contribution in [3.63, 3.8) is 0 Å². The van der Waals surface area contributed by atoms with Crippen LogP contribution in [-0.2, 0) is 42.9 Å². The Balaban J connectivity index is 2.71. The molecule has 1 saturated heterocycles. The Hall–Kier alpha value is -4.10. The summed E-state index contributed by atoms with van der Waals surface area (Å²) >= 11 is 0. The van der Waals surface area contributed by atoms with Gasteiger partial charge in [0, 0.05) is 19.3 Å². The Morgan fingerprint density at radius 1 is 0.453 bits per heavy atom. The molecule has 0 amide bonds. The van der Waals surface area contributed by atoms with Gasteiger partial charge in [-0.3, -0.25) is 14.4 Å². The summed E-state index contributed by atoms with van der Waals surface area (Å²) in [6.07, 6.45) is 52.6. The molecule has 0 saturated carbocycles. The van der Waals surface area contributed by atoms with Gasteiger partial charge in [0.25, 0.3) is 0 Å². The highest BCUT2D eigenvalue weighted by Gasteiger charge is 2.50. The van der Waals surface area contributed by atoms with Gasteiger partial charge in [0.2, 0.25) is 0 Å². The fourth-order valence-electron chi connectivity index (χ4n) is 8.45. The number of unbranched alkanes of at least 4 members (excludes halogenated alkanes) is 21. The van der Waals surface area contributed by atoms with Gasteiger partial charge in [-0.15, -0.1) is 0 Å². The number of carboxylic acid groups (broad SMARTS) is 1. The van der Waals surface area contributed by atoms with Crippen molar-refractivity contribution < 1.29 is 58.2 Å². The minimum Gasteiger partial charge on any atom is -0.479 e. The Bertz CT molecular complexity index is 1630. The van der Waals surface area contributed by atoms with E-state index in [2.05, 4.69) is 106 Å². The monoisotopic (exact) mass is 1050 g/mol. The van der Waals surface area contributed by atoms with Crippen molar-refractivity contribution >= 4 is 23.9 Å². The number of allylic oxidation sites excluding steroid dienone is 14. The number of aliphatic hydroxyl groups is 2. The Labute approximate surface area is 454 Å². The van der Waals surface area contributed by atoms with Crippen molar-refractivity contribution in [2.75, 3.05) is 13.2 Å². The number of carbonyl (C=O) groups excluding carboxylic acids is 3. The van der Waals surface area contributed by atoms with Crippen LogP contribution >= 0.6 is 0 Å². The van der Waals surface area contributed by atoms with Crippen LogP contribution in [0.15, 0.2) is 85.1 Å². The van der Waals surface area contributed by atoms with Crippen LogP contribution in [0.25, 0.3) is 0 Å². The highest BCUT2D eigenvalue weighted by Crippen LogP contribution is 2.26. The van der Waals surface area contributed by atoms with E-state index in [4.69, 9.17) is 23.7 Å². The number of esters is 3. The summed E-state index contributed by atoms with van der Waals surface area (Å²) in [5, 5.41) is 31.5. The maximum atomic E-state index is 13.1. The molecular formula is C63H104O12. The normalized spacial score (nSPS) is 18.8. The van der Waals surface area contributed by atoms with Crippen LogP contribution in [0.5, 0.6) is 0 Å². The second-order valence-electron chi connectivity index (χ2n) is 19.9. The fraction of sp³-hybridized carbons (Fsp3) is 0.714. The second kappa shape index (κ2) is 50.7. The molecule has 6 unspecified atom stereocenters. The van der Waals surface area contributed by atoms with E-state index in [1.165, 1.54) is 32.1 Å². The van der Waals surface area contributed by atoms with Crippen molar-refractivity contribution in [3.8, 4) is 0 Å². The maximum Gasteiger partial charge on any atom is 0.335 e. The molecule has 0 aromatic rings. The van der Waals surface area contributed by atoms with Crippen molar-refractivity contribution in [2.45, 2.75) is 276 Å². The molecule has 12 nitrogen and oxygen atoms in total. The molecule has 0 aromatic heterocycles. The molecule has 12 heteroatoms. The van der Waals surface area contributed by atoms with Crippen LogP contribution in [0.1, 0.15) is 239 Å². The number of ether oxygens (including phenoxy) is 5. The van der Waals surface area contributed by atoms with E-state index >= 15 is 0 Å². The van der Waals surface area contributed by atoms with Crippen molar-refractivity contribution in [1.82, 2.24) is 0 Å². The standard InChI is InChI=1S/C63H104O12/c1-4-7-10-13-16-19-22-25-27-28-30-32-34-37-40-43-46-49-55(64)71-52-54(73-56(65)50-47-44-41-38-36-33-29-26-23-20-17-14-11-8-5-2)53-72-63-61(59(68)58(67)60(75-63)62(69)70)74-57(66)51-48-45-42-39-35-31-24-21-18-15-12-9-6-3/h7-8,10-11,16-17,19-21,24-27,29,54,58-61,63,67-68H,4-6,9,12-15,18,22-23,28,30-53H2,1-3H3,(H,69,70)/b10-7-,11-8-,19-16-,20-17-,24-21-,27-25-,29-26-. The third-order valence-corrected chi connectivity index (χ3v) is 12.9. The first-order chi connectivity index (χ1) is 36.6. The number of carbonyl (C=O) groups is 4. The maximum absolute atomic E-state index is 13.1. The van der Waals surface area contributed by atoms with Crippen LogP contribution in [-0.4, -0.2) is 89.2 Å². The third-order valence-electron chi connectivity index (χ3n) is 12.9. The lowest BCUT2D eigenvalue weighted by molar-refractivity contribution is -0.301. The average molecular weight is 1050 g/mol. The van der Waals surface area contributed by atoms with E-state index in [1.54, 1.807) is 0 Å². The largest absolute Gasteiger partial charge is 0.479 e. The molecule has 1 fully saturated rings. The molecule has 0 aromatic carbocycles. The predicted octanol–water partition coefficient (Wildman–Crippen LogP) is 15.1. The summed E-state index contributed by atoms with van der Waals surface area (Å²) in [5.74, 6) is -3.17. The molecule has 1 rings (SSSR count). The summed E-state index contributed by atoms with van der Waals surface area (Å²) in [4.78, 5) is 51.1. The van der Waals surface area contributed by atoms with E-state index in [0.29, 0.717) is 19.3 Å². The first-order valence-corrected chi connectivity index (χ1v) is 29.6. The Morgan fingerprint density at radius 3 is 1.29 bits per heavy atom. The molecule has 428 valence electrons. The summed E-state index contributed by atoms with van der Waals surface area (Å²) in [5.41, 5.74) is 0. The van der Waals surface area contributed by atoms with Gasteiger partial charge in [0.05, 0.1) is 6.61 Å². The zero-order valence-electron chi connectivity index (χ0n) is 47.0. The van der Waals surface area contributed by atoms with Gasteiger partial charge in [-0.1, -0.05) is 196 Å². The third kappa shape index (κ3) is 40.8. The van der Waals surface area contributed by atoms with Gasteiger partial charge in [-0.05, 0) is 109 Å². The lowest BCUT2D eigenvalue weighted by Crippen LogP contribution is -2.61. The van der Waals surface area contributed by atoms with Gasteiger partial charge >= 0.3 is 23.9 Å². The average Bonchev–Trinajstić information content (AvgIpc) is 3.39. The van der Waals surface area contributed by atoms with Gasteiger partial charge in [0.1, 0.15) is 18.8 Å². The minimum absolute atomic E-state index is 0.0446. The number of aliphatic carboxylic acids is 1. The molecule has 3 N–H and O–H groups in total. The van der Waals surface area contributed by atoms with Gasteiger partial charge in [-0.2, -0.15) is 0 Å². The van der Waals surface area contributed by atoms with E-state index in [1.807, 2.05) is 0 Å². The zero-order valence-corrected chi connectivity index (χ0v) is 47.0. The van der Waals surface area contributed by atoms with Crippen LogP contribution in [0.4, 0.5) is 0 Å². The zero-order chi connectivity index (χ0) is 54.7. The summed E-state index contributed by atoms with van der Waals surface area (Å²) in [6.45, 7) is 5.72. The van der Waals surface area contributed by atoms with Crippen molar-refractivity contribution in [3.05, 3.63) is 85.1 Å². The number of rotatable bonds is 49. The van der Waals surface area contributed by atoms with Crippen LogP contribution in [0.2, 0.25) is 0 Å². The molecule has 0 spiro atoms. The highest BCUT2D eigenvalue weighted by atomic mass is 16.7. The Kier molecular flexibility index (Phi) is 46.6. The van der Waals surface area contributed by atoms with Gasteiger partial charge < -0.3 is 39.0 Å². The molecule has 0 radical (unpaired) electrons. The first-order valence-electron chi connectivity index (χ1n) is 29.6. The van der Waals surface area contributed by atoms with E-state index in [-0.39, 0.29) is 25.9 Å². The number of hydrogen-bond acceptors (Lipinski definition) is 11. The number of carboxylic acids is 1. The quantitative estimate of drug-likeness (QED) is 0.0228. The van der Waals surface area contributed by atoms with E-state index in [0.717, 1.165) is 148 Å². The molecule has 1 aliphatic rings. The highest BCUT2D eigenvalue weighted by molar-refractivity contribution is 5.74. The molecule has 0 aliphatic carbocycles. The second-order valence-corrected chi connectivity index (χ2v) is 19.9. The summed E-state index contributed by atoms with van der Waals surface area (Å²) in [7, 11) is 0. The number of aliphatic hydroxyl groups excluding tert-OH is 2. The Morgan fingerprint density at radius 2 is 0.840 bits per heavy atom. The fourth-order valence-corrected chi connectivity index (χ4v) is 8.45. The predicted molar refractivity (Wildman–Crippen MR) is 303 cm³/mol. The SMILES string of the molecule is CC/C=C\C/C=C\C/C=C\CCCCCCCCCC(=O)OCC(COC1OC(C(=O)O)C(O)C(O)C1OC(=O)CCCCCCC/C=C\CCCCCC)OC(=O)CCCCCCC/C=C\C/C=C\C/C=C\CC. The lowest BCUT2D eigenvalue weighted by atomic mass is 9.98. The van der Waals surface area contributed by atoms with Gasteiger partial charge in [0.15, 0.2) is 24.6 Å². The first kappa shape index (κ1) is 68.9. The lowest BCUT2D eigenvalue weighted by Gasteiger charge is -2.40. The topological polar surface area (TPSA) is 175 Å². The van der Waals surface area contributed by atoms with Crippen molar-refractivity contribution in [1.29, 1.82) is 0 Å². The molecule has 75 heavy (non-hydrogen) atoms. The smallest absolute Gasteiger partial charge is 0.335 e. The summed E-state index contributed by atoms with van der Waals surface area (Å²) in [6, 6.07) is 0. The minimum atomic E-state index is -1.91. The van der Waals surface area contributed by atoms with Crippen molar-refractivity contribution in [2.24, 2.45) is 0 Å². The van der Waals surface area contributed by atoms with E-state index in [9.17, 15) is 34.5 Å². The molecule has 0 bridgehead atoms. The molecule has 1 aliphatic heterocycles. The van der Waals surface area contributed by atoms with Gasteiger partial charge in [-0.25, -0.2) is 4.79 Å². The molecular weight excluding hydrogens is 949 g/mol. The van der Waals surface area contributed by atoms with Crippen LogP contribution < -0.4 is 0 Å². The molecule has 6 atom stereocenters. The number of hydrogen-bond donors (Lipinski definition) is 3. The summed E-state index contributed by atoms with van der Waals surface area (Å²) < 4.78 is 28.4.